The number of carbonyl (C=O) groups excluding carboxylic acids is 5. The summed E-state index contributed by atoms with van der Waals surface area (Å²) in [5, 5.41) is 1.97. The van der Waals surface area contributed by atoms with Crippen LogP contribution in [0.1, 0.15) is 50.3 Å². The number of ketones is 1. The summed E-state index contributed by atoms with van der Waals surface area (Å²) in [6, 6.07) is 18.9. The average molecular weight is 636 g/mol. The quantitative estimate of drug-likeness (QED) is 0.145. The highest BCUT2D eigenvalue weighted by Crippen LogP contribution is 2.56. The van der Waals surface area contributed by atoms with Crippen molar-refractivity contribution in [1.82, 2.24) is 10.0 Å². The Balaban J connectivity index is 1.24. The summed E-state index contributed by atoms with van der Waals surface area (Å²) in [5.41, 5.74) is 0.655. The van der Waals surface area contributed by atoms with E-state index in [1.165, 1.54) is 36.4 Å². The van der Waals surface area contributed by atoms with Crippen LogP contribution in [0.2, 0.25) is 5.02 Å². The van der Waals surface area contributed by atoms with E-state index < -0.39 is 47.9 Å². The van der Waals surface area contributed by atoms with Gasteiger partial charge in [-0.3, -0.25) is 19.2 Å². The largest absolute Gasteiger partial charge is 0.423 e. The molecule has 1 saturated heterocycles. The molecule has 2 saturated carbocycles. The van der Waals surface area contributed by atoms with E-state index in [-0.39, 0.29) is 33.7 Å². The fourth-order valence-electron chi connectivity index (χ4n) is 6.33. The first-order chi connectivity index (χ1) is 19.7. The van der Waals surface area contributed by atoms with Crippen LogP contribution in [-0.2, 0) is 9.59 Å². The molecule has 3 aromatic carbocycles. The molecule has 2 aliphatic carbocycles. The first-order valence-corrected chi connectivity index (χ1v) is 14.4. The second-order valence-corrected chi connectivity index (χ2v) is 11.9. The number of halogens is 2. The number of hydrogen-bond acceptors (Lipinski definition) is 6. The molecule has 10 heteroatoms. The fourth-order valence-corrected chi connectivity index (χ4v) is 6.81. The molecule has 0 radical (unpaired) electrons. The number of amides is 3. The molecule has 3 aromatic rings. The third-order valence-electron chi connectivity index (χ3n) is 8.24. The number of carbonyl (C=O) groups is 5. The van der Waals surface area contributed by atoms with Crippen LogP contribution < -0.4 is 4.74 Å². The molecule has 1 aliphatic heterocycles. The summed E-state index contributed by atoms with van der Waals surface area (Å²) < 4.78 is 6.23. The van der Waals surface area contributed by atoms with Gasteiger partial charge in [0.05, 0.1) is 28.0 Å². The molecule has 6 rings (SSSR count). The molecular formula is C31H24BrClN2O6. The van der Waals surface area contributed by atoms with Gasteiger partial charge in [0.25, 0.3) is 17.7 Å². The molecule has 4 atom stereocenters. The van der Waals surface area contributed by atoms with E-state index in [2.05, 4.69) is 15.9 Å². The summed E-state index contributed by atoms with van der Waals surface area (Å²) in [5.74, 6) is -3.10. The lowest BCUT2D eigenvalue weighted by molar-refractivity contribution is -0.155. The number of fused-ring (bicyclic) bond motifs is 5. The lowest BCUT2D eigenvalue weighted by Gasteiger charge is -2.31. The van der Waals surface area contributed by atoms with Crippen molar-refractivity contribution >= 4 is 57.0 Å². The van der Waals surface area contributed by atoms with E-state index in [1.54, 1.807) is 36.4 Å². The Hall–Kier alpha value is -3.82. The number of Topliss-reactive ketones (excluding diaryl/α,β-unsaturated/α-hetero) is 1. The van der Waals surface area contributed by atoms with Crippen molar-refractivity contribution in [3.05, 3.63) is 99.0 Å². The smallest absolute Gasteiger partial charge is 0.343 e. The van der Waals surface area contributed by atoms with Gasteiger partial charge in [-0.1, -0.05) is 39.7 Å². The number of rotatable bonds is 7. The molecule has 3 fully saturated rings. The molecule has 0 aromatic heterocycles. The number of benzene rings is 3. The molecule has 0 unspecified atom stereocenters. The molecule has 8 nitrogen and oxygen atoms in total. The second-order valence-electron chi connectivity index (χ2n) is 10.6. The molecule has 3 amide bonds. The Bertz CT molecular complexity index is 1550. The van der Waals surface area contributed by atoms with Gasteiger partial charge in [0, 0.05) is 10.0 Å². The number of ether oxygens (including phenoxy) is 1. The predicted octanol–water partition coefficient (Wildman–Crippen LogP) is 5.59. The monoisotopic (exact) mass is 634 g/mol. The topological polar surface area (TPSA) is 101 Å². The number of hydrazine groups is 1. The van der Waals surface area contributed by atoms with E-state index >= 15 is 0 Å². The summed E-state index contributed by atoms with van der Waals surface area (Å²) in [4.78, 5) is 66.7. The highest BCUT2D eigenvalue weighted by molar-refractivity contribution is 9.10. The molecule has 0 N–H and O–H groups in total. The lowest BCUT2D eigenvalue weighted by atomic mass is 9.81. The number of nitrogens with zero attached hydrogens (tertiary/aromatic N) is 2. The maximum Gasteiger partial charge on any atom is 0.343 e. The van der Waals surface area contributed by atoms with E-state index in [1.807, 2.05) is 0 Å². The van der Waals surface area contributed by atoms with Gasteiger partial charge < -0.3 is 4.74 Å². The van der Waals surface area contributed by atoms with E-state index in [0.29, 0.717) is 5.56 Å². The van der Waals surface area contributed by atoms with Gasteiger partial charge in [-0.15, -0.1) is 0 Å². The minimum absolute atomic E-state index is 0.0813. The van der Waals surface area contributed by atoms with Crippen molar-refractivity contribution in [2.45, 2.75) is 19.3 Å². The minimum Gasteiger partial charge on any atom is -0.423 e. The van der Waals surface area contributed by atoms with Crippen molar-refractivity contribution in [2.24, 2.45) is 23.7 Å². The third-order valence-corrected chi connectivity index (χ3v) is 9.10. The van der Waals surface area contributed by atoms with Crippen LogP contribution in [0.4, 0.5) is 0 Å². The van der Waals surface area contributed by atoms with Crippen LogP contribution in [0.15, 0.2) is 77.3 Å². The van der Waals surface area contributed by atoms with Gasteiger partial charge in [-0.25, -0.2) is 9.80 Å². The average Bonchev–Trinajstić information content (AvgIpc) is 3.66. The first kappa shape index (κ1) is 27.4. The maximum atomic E-state index is 13.7. The van der Waals surface area contributed by atoms with Gasteiger partial charge >= 0.3 is 5.97 Å². The van der Waals surface area contributed by atoms with Gasteiger partial charge in [-0.05, 0) is 91.8 Å². The van der Waals surface area contributed by atoms with Gasteiger partial charge in [-0.2, -0.15) is 5.01 Å². The van der Waals surface area contributed by atoms with Crippen LogP contribution in [0, 0.1) is 23.7 Å². The van der Waals surface area contributed by atoms with Crippen LogP contribution in [0.25, 0.3) is 0 Å². The van der Waals surface area contributed by atoms with Crippen LogP contribution in [0.5, 0.6) is 5.75 Å². The Morgan fingerprint density at radius 2 is 1.44 bits per heavy atom. The molecular weight excluding hydrogens is 612 g/mol. The number of hydrogen-bond donors (Lipinski definition) is 0. The highest BCUT2D eigenvalue weighted by Gasteiger charge is 2.62. The van der Waals surface area contributed by atoms with Crippen molar-refractivity contribution in [3.8, 4) is 5.75 Å². The SMILES string of the molecule is O=C(CN(C(=O)c1ccccc1Cl)N1C(=O)[C@@H]2[C@H]3CC[C@@H](C3)[C@H]2C1=O)c1ccc(OC(=O)c2ccc(Br)cc2)cc1. The molecule has 41 heavy (non-hydrogen) atoms. The van der Waals surface area contributed by atoms with Crippen LogP contribution in [-0.4, -0.2) is 46.0 Å². The Morgan fingerprint density at radius 1 is 0.854 bits per heavy atom. The van der Waals surface area contributed by atoms with Crippen molar-refractivity contribution in [3.63, 3.8) is 0 Å². The van der Waals surface area contributed by atoms with E-state index in [4.69, 9.17) is 16.3 Å². The predicted molar refractivity (Wildman–Crippen MR) is 152 cm³/mol. The molecule has 208 valence electrons. The molecule has 0 spiro atoms. The van der Waals surface area contributed by atoms with E-state index in [0.717, 1.165) is 33.8 Å². The van der Waals surface area contributed by atoms with E-state index in [9.17, 15) is 24.0 Å². The second kappa shape index (κ2) is 10.9. The summed E-state index contributed by atoms with van der Waals surface area (Å²) >= 11 is 9.61. The first-order valence-electron chi connectivity index (χ1n) is 13.3. The maximum absolute atomic E-state index is 13.7. The Morgan fingerprint density at radius 3 is 2.05 bits per heavy atom. The third kappa shape index (κ3) is 4.97. The van der Waals surface area contributed by atoms with Gasteiger partial charge in [0.15, 0.2) is 5.78 Å². The van der Waals surface area contributed by atoms with Gasteiger partial charge in [0.1, 0.15) is 12.3 Å². The van der Waals surface area contributed by atoms with Crippen molar-refractivity contribution in [2.75, 3.05) is 6.54 Å². The number of esters is 1. The normalized spacial score (nSPS) is 22.5. The summed E-state index contributed by atoms with van der Waals surface area (Å²) in [6.45, 7) is -0.547. The zero-order valence-corrected chi connectivity index (χ0v) is 24.0. The minimum atomic E-state index is -0.710. The number of imide groups is 1. The summed E-state index contributed by atoms with van der Waals surface area (Å²) in [7, 11) is 0. The van der Waals surface area contributed by atoms with Crippen molar-refractivity contribution in [1.29, 1.82) is 0 Å². The van der Waals surface area contributed by atoms with Crippen molar-refractivity contribution < 1.29 is 28.7 Å². The Kier molecular flexibility index (Phi) is 7.25. The zero-order chi connectivity index (χ0) is 28.8. The molecule has 2 bridgehead atoms. The standard InChI is InChI=1S/C31H24BrClN2O6/c32-21-11-7-18(8-12-21)31(40)41-22-13-9-17(10-14-22)25(36)16-34(28(37)23-3-1-2-4-24(23)33)35-29(38)26-19-5-6-20(15-19)27(26)30(35)39/h1-4,7-14,19-20,26-27H,5-6,15-16H2/t19-,20-,26+,27+/m0/s1. The molecule has 1 heterocycles. The van der Waals surface area contributed by atoms with Gasteiger partial charge in [0.2, 0.25) is 0 Å². The fraction of sp³-hybridized carbons (Fsp3) is 0.258. The zero-order valence-electron chi connectivity index (χ0n) is 21.7. The highest BCUT2D eigenvalue weighted by atomic mass is 79.9. The van der Waals surface area contributed by atoms with Crippen LogP contribution in [0.3, 0.4) is 0 Å². The molecule has 3 aliphatic rings. The van der Waals surface area contributed by atoms with Crippen LogP contribution >= 0.6 is 27.5 Å². The Labute approximate surface area is 249 Å². The lowest BCUT2D eigenvalue weighted by Crippen LogP contribution is -2.52. The summed E-state index contributed by atoms with van der Waals surface area (Å²) in [6.07, 6.45) is 2.61.